The molecular weight excluding hydrogens is 222 g/mol. The van der Waals surface area contributed by atoms with Crippen molar-refractivity contribution in [1.82, 2.24) is 9.88 Å². The lowest BCUT2D eigenvalue weighted by Crippen LogP contribution is -2.43. The van der Waals surface area contributed by atoms with Crippen LogP contribution in [0.25, 0.3) is 0 Å². The number of hydrogen-bond acceptors (Lipinski definition) is 5. The van der Waals surface area contributed by atoms with Crippen LogP contribution in [0, 0.1) is 0 Å². The van der Waals surface area contributed by atoms with E-state index >= 15 is 0 Å². The van der Waals surface area contributed by atoms with Gasteiger partial charge in [-0.3, -0.25) is 4.90 Å². The molecule has 0 fully saturated rings. The molecule has 0 amide bonds. The highest BCUT2D eigenvalue weighted by Gasteiger charge is 2.22. The van der Waals surface area contributed by atoms with E-state index in [1.807, 2.05) is 27.1 Å². The first-order valence-corrected chi connectivity index (χ1v) is 6.32. The van der Waals surface area contributed by atoms with Crippen LogP contribution in [0.4, 0.5) is 5.13 Å². The molecule has 1 aromatic rings. The Kier molecular flexibility index (Phi) is 4.70. The van der Waals surface area contributed by atoms with Crippen molar-refractivity contribution in [3.05, 3.63) is 11.1 Å². The van der Waals surface area contributed by atoms with Gasteiger partial charge in [0.15, 0.2) is 5.13 Å². The van der Waals surface area contributed by atoms with Crippen molar-refractivity contribution < 1.29 is 5.11 Å². The predicted octanol–water partition coefficient (Wildman–Crippen LogP) is 1.78. The van der Waals surface area contributed by atoms with Gasteiger partial charge in [0.05, 0.1) is 6.61 Å². The van der Waals surface area contributed by atoms with Gasteiger partial charge in [-0.1, -0.05) is 0 Å². The van der Waals surface area contributed by atoms with Gasteiger partial charge in [-0.05, 0) is 27.8 Å². The standard InChI is InChI=1S/C11H21N3OS/c1-5-12-10-13-6-9(16-10)7-14(4)11(2,3)8-15/h6,15H,5,7-8H2,1-4H3,(H,12,13). The number of nitrogens with zero attached hydrogens (tertiary/aromatic N) is 2. The molecule has 1 heterocycles. The summed E-state index contributed by atoms with van der Waals surface area (Å²) in [7, 11) is 2.02. The summed E-state index contributed by atoms with van der Waals surface area (Å²) in [5.41, 5.74) is -0.192. The zero-order valence-corrected chi connectivity index (χ0v) is 11.3. The molecule has 2 N–H and O–H groups in total. The van der Waals surface area contributed by atoms with Crippen LogP contribution >= 0.6 is 11.3 Å². The van der Waals surface area contributed by atoms with E-state index in [9.17, 15) is 5.11 Å². The van der Waals surface area contributed by atoms with Crippen LogP contribution in [0.3, 0.4) is 0 Å². The van der Waals surface area contributed by atoms with E-state index in [1.165, 1.54) is 4.88 Å². The minimum atomic E-state index is -0.192. The Hall–Kier alpha value is -0.650. The first-order chi connectivity index (χ1) is 7.49. The van der Waals surface area contributed by atoms with E-state index < -0.39 is 0 Å². The molecule has 0 saturated carbocycles. The van der Waals surface area contributed by atoms with Gasteiger partial charge >= 0.3 is 0 Å². The number of aliphatic hydroxyl groups is 1. The van der Waals surface area contributed by atoms with Crippen molar-refractivity contribution in [2.45, 2.75) is 32.9 Å². The van der Waals surface area contributed by atoms with E-state index in [-0.39, 0.29) is 12.1 Å². The van der Waals surface area contributed by atoms with Crippen molar-refractivity contribution in [1.29, 1.82) is 0 Å². The van der Waals surface area contributed by atoms with Crippen LogP contribution in [0.15, 0.2) is 6.20 Å². The average molecular weight is 243 g/mol. The van der Waals surface area contributed by atoms with Crippen LogP contribution in [-0.2, 0) is 6.54 Å². The van der Waals surface area contributed by atoms with E-state index in [1.54, 1.807) is 11.3 Å². The highest BCUT2D eigenvalue weighted by atomic mass is 32.1. The molecule has 4 nitrogen and oxygen atoms in total. The number of rotatable bonds is 6. The molecule has 0 unspecified atom stereocenters. The fourth-order valence-electron chi connectivity index (χ4n) is 1.18. The second kappa shape index (κ2) is 5.61. The number of anilines is 1. The third-order valence-corrected chi connectivity index (χ3v) is 3.63. The number of aromatic nitrogens is 1. The Bertz CT molecular complexity index is 325. The van der Waals surface area contributed by atoms with Gasteiger partial charge in [0.25, 0.3) is 0 Å². The number of thiazole rings is 1. The maximum absolute atomic E-state index is 9.27. The molecule has 0 atom stereocenters. The highest BCUT2D eigenvalue weighted by molar-refractivity contribution is 7.15. The monoisotopic (exact) mass is 243 g/mol. The van der Waals surface area contributed by atoms with Gasteiger partial charge in [-0.25, -0.2) is 4.98 Å². The van der Waals surface area contributed by atoms with Crippen molar-refractivity contribution in [2.75, 3.05) is 25.5 Å². The van der Waals surface area contributed by atoms with Crippen molar-refractivity contribution in [3.63, 3.8) is 0 Å². The van der Waals surface area contributed by atoms with Crippen LogP contribution in [-0.4, -0.2) is 40.7 Å². The normalized spacial score (nSPS) is 12.1. The van der Waals surface area contributed by atoms with Gasteiger partial charge in [-0.2, -0.15) is 0 Å². The largest absolute Gasteiger partial charge is 0.394 e. The topological polar surface area (TPSA) is 48.4 Å². The summed E-state index contributed by atoms with van der Waals surface area (Å²) in [6.45, 7) is 7.98. The minimum Gasteiger partial charge on any atom is -0.394 e. The molecule has 1 rings (SSSR count). The van der Waals surface area contributed by atoms with Crippen LogP contribution in [0.5, 0.6) is 0 Å². The number of hydrogen-bond donors (Lipinski definition) is 2. The fourth-order valence-corrected chi connectivity index (χ4v) is 2.12. The highest BCUT2D eigenvalue weighted by Crippen LogP contribution is 2.22. The Balaban J connectivity index is 2.59. The molecule has 0 aliphatic heterocycles. The number of aliphatic hydroxyl groups excluding tert-OH is 1. The molecule has 0 bridgehead atoms. The summed E-state index contributed by atoms with van der Waals surface area (Å²) < 4.78 is 0. The van der Waals surface area contributed by atoms with Crippen LogP contribution in [0.1, 0.15) is 25.6 Å². The van der Waals surface area contributed by atoms with Crippen molar-refractivity contribution >= 4 is 16.5 Å². The predicted molar refractivity (Wildman–Crippen MR) is 68.9 cm³/mol. The molecular formula is C11H21N3OS. The molecule has 0 spiro atoms. The zero-order valence-electron chi connectivity index (χ0n) is 10.4. The quantitative estimate of drug-likeness (QED) is 0.799. The second-order valence-electron chi connectivity index (χ2n) is 4.49. The maximum Gasteiger partial charge on any atom is 0.182 e. The van der Waals surface area contributed by atoms with Crippen LogP contribution in [0.2, 0.25) is 0 Å². The molecule has 0 aromatic carbocycles. The molecule has 0 aliphatic carbocycles. The van der Waals surface area contributed by atoms with E-state index in [4.69, 9.17) is 0 Å². The molecule has 0 saturated heterocycles. The molecule has 92 valence electrons. The lowest BCUT2D eigenvalue weighted by Gasteiger charge is -2.33. The lowest BCUT2D eigenvalue weighted by molar-refractivity contribution is 0.0741. The Morgan fingerprint density at radius 2 is 2.25 bits per heavy atom. The first-order valence-electron chi connectivity index (χ1n) is 5.50. The van der Waals surface area contributed by atoms with Gasteiger partial charge in [-0.15, -0.1) is 11.3 Å². The number of nitrogens with one attached hydrogen (secondary N) is 1. The van der Waals surface area contributed by atoms with Gasteiger partial charge in [0.1, 0.15) is 0 Å². The summed E-state index contributed by atoms with van der Waals surface area (Å²) in [5.74, 6) is 0. The van der Waals surface area contributed by atoms with Crippen LogP contribution < -0.4 is 5.32 Å². The molecule has 0 radical (unpaired) electrons. The summed E-state index contributed by atoms with van der Waals surface area (Å²) in [6, 6.07) is 0. The SMILES string of the molecule is CCNc1ncc(CN(C)C(C)(C)CO)s1. The van der Waals surface area contributed by atoms with Crippen molar-refractivity contribution in [3.8, 4) is 0 Å². The second-order valence-corrected chi connectivity index (χ2v) is 5.60. The average Bonchev–Trinajstić information content (AvgIpc) is 2.66. The summed E-state index contributed by atoms with van der Waals surface area (Å²) in [5, 5.41) is 13.4. The Labute approximate surface area is 101 Å². The summed E-state index contributed by atoms with van der Waals surface area (Å²) in [4.78, 5) is 7.63. The third-order valence-electron chi connectivity index (χ3n) is 2.69. The molecule has 1 aromatic heterocycles. The number of likely N-dealkylation sites (N-methyl/N-ethyl adjacent to an activating group) is 1. The van der Waals surface area contributed by atoms with Gasteiger partial charge < -0.3 is 10.4 Å². The van der Waals surface area contributed by atoms with E-state index in [2.05, 4.69) is 22.1 Å². The minimum absolute atomic E-state index is 0.155. The zero-order chi connectivity index (χ0) is 12.2. The Morgan fingerprint density at radius 1 is 1.56 bits per heavy atom. The smallest absolute Gasteiger partial charge is 0.182 e. The molecule has 16 heavy (non-hydrogen) atoms. The maximum atomic E-state index is 9.27. The molecule has 0 aliphatic rings. The lowest BCUT2D eigenvalue weighted by atomic mass is 10.1. The fraction of sp³-hybridized carbons (Fsp3) is 0.727. The van der Waals surface area contributed by atoms with E-state index in [0.717, 1.165) is 18.2 Å². The molecule has 5 heteroatoms. The first kappa shape index (κ1) is 13.4. The van der Waals surface area contributed by atoms with Crippen molar-refractivity contribution in [2.24, 2.45) is 0 Å². The van der Waals surface area contributed by atoms with Gasteiger partial charge in [0.2, 0.25) is 0 Å². The summed E-state index contributed by atoms with van der Waals surface area (Å²) >= 11 is 1.67. The van der Waals surface area contributed by atoms with E-state index in [0.29, 0.717) is 0 Å². The summed E-state index contributed by atoms with van der Waals surface area (Å²) in [6.07, 6.45) is 1.90. The Morgan fingerprint density at radius 3 is 2.81 bits per heavy atom. The van der Waals surface area contributed by atoms with Gasteiger partial charge in [0, 0.05) is 29.7 Å². The third kappa shape index (κ3) is 3.43.